The molecule has 8 heteroatoms. The number of amides is 1. The van der Waals surface area contributed by atoms with E-state index in [9.17, 15) is 13.2 Å². The van der Waals surface area contributed by atoms with Gasteiger partial charge in [-0.1, -0.05) is 6.07 Å². The number of carbonyl (C=O) groups is 1. The minimum absolute atomic E-state index is 0.000179. The molecule has 2 aliphatic heterocycles. The topological polar surface area (TPSA) is 72.9 Å². The van der Waals surface area contributed by atoms with E-state index in [1.54, 1.807) is 17.0 Å². The van der Waals surface area contributed by atoms with Crippen molar-refractivity contribution >= 4 is 27.3 Å². The van der Waals surface area contributed by atoms with E-state index in [0.29, 0.717) is 24.5 Å². The van der Waals surface area contributed by atoms with Crippen molar-refractivity contribution in [2.45, 2.75) is 19.0 Å². The first-order valence-corrected chi connectivity index (χ1v) is 9.28. The van der Waals surface area contributed by atoms with Gasteiger partial charge >= 0.3 is 0 Å². The predicted octanol–water partition coefficient (Wildman–Crippen LogP) is 1.17. The second-order valence-electron chi connectivity index (χ2n) is 5.40. The summed E-state index contributed by atoms with van der Waals surface area (Å²) in [5.41, 5.74) is 0.854. The van der Waals surface area contributed by atoms with Crippen molar-refractivity contribution in [2.24, 2.45) is 0 Å². The Bertz CT molecular complexity index is 690. The number of nitrogens with zero attached hydrogens (tertiary/aromatic N) is 1. The molecule has 0 unspecified atom stereocenters. The molecule has 0 aliphatic carbocycles. The van der Waals surface area contributed by atoms with Crippen LogP contribution in [0.3, 0.4) is 0 Å². The Morgan fingerprint density at radius 1 is 1.32 bits per heavy atom. The summed E-state index contributed by atoms with van der Waals surface area (Å²) in [6, 6.07) is 5.11. The van der Waals surface area contributed by atoms with Crippen LogP contribution in [0.4, 0.5) is 0 Å². The zero-order valence-electron chi connectivity index (χ0n) is 11.8. The largest absolute Gasteiger partial charge is 0.454 e. The van der Waals surface area contributed by atoms with Crippen LogP contribution in [0.1, 0.15) is 12.0 Å². The zero-order chi connectivity index (χ0) is 15.7. The van der Waals surface area contributed by atoms with Gasteiger partial charge in [0.1, 0.15) is 5.88 Å². The molecule has 6 nitrogen and oxygen atoms in total. The van der Waals surface area contributed by atoms with Gasteiger partial charge in [0.2, 0.25) is 12.7 Å². The third kappa shape index (κ3) is 3.15. The maximum Gasteiger partial charge on any atom is 0.238 e. The van der Waals surface area contributed by atoms with Crippen molar-refractivity contribution < 1.29 is 22.7 Å². The molecule has 1 saturated heterocycles. The molecule has 1 fully saturated rings. The van der Waals surface area contributed by atoms with Crippen LogP contribution < -0.4 is 9.47 Å². The molecular weight excluding hydrogens is 330 g/mol. The fourth-order valence-corrected chi connectivity index (χ4v) is 4.64. The maximum atomic E-state index is 12.1. The van der Waals surface area contributed by atoms with Crippen LogP contribution >= 0.6 is 11.6 Å². The highest BCUT2D eigenvalue weighted by Gasteiger charge is 2.34. The smallest absolute Gasteiger partial charge is 0.238 e. The zero-order valence-corrected chi connectivity index (χ0v) is 13.4. The third-order valence-corrected chi connectivity index (χ3v) is 5.85. The highest BCUT2D eigenvalue weighted by atomic mass is 35.5. The summed E-state index contributed by atoms with van der Waals surface area (Å²) in [6.45, 7) is 0.492. The molecule has 22 heavy (non-hydrogen) atoms. The minimum atomic E-state index is -3.07. The molecule has 0 saturated carbocycles. The first-order valence-electron chi connectivity index (χ1n) is 6.93. The van der Waals surface area contributed by atoms with Crippen LogP contribution in [0.2, 0.25) is 0 Å². The molecule has 0 N–H and O–H groups in total. The minimum Gasteiger partial charge on any atom is -0.454 e. The molecule has 0 aromatic heterocycles. The average Bonchev–Trinajstić information content (AvgIpc) is 3.09. The van der Waals surface area contributed by atoms with Crippen molar-refractivity contribution in [2.75, 3.05) is 24.2 Å². The van der Waals surface area contributed by atoms with Crippen LogP contribution in [-0.2, 0) is 21.2 Å². The molecule has 0 radical (unpaired) electrons. The van der Waals surface area contributed by atoms with E-state index < -0.39 is 9.84 Å². The van der Waals surface area contributed by atoms with E-state index in [4.69, 9.17) is 21.1 Å². The third-order valence-electron chi connectivity index (χ3n) is 3.87. The van der Waals surface area contributed by atoms with E-state index in [1.807, 2.05) is 6.07 Å². The monoisotopic (exact) mass is 345 g/mol. The second-order valence-corrected chi connectivity index (χ2v) is 7.90. The number of alkyl halides is 1. The number of carbonyl (C=O) groups excluding carboxylic acids is 1. The number of rotatable bonds is 4. The van der Waals surface area contributed by atoms with Gasteiger partial charge in [0.05, 0.1) is 11.5 Å². The Morgan fingerprint density at radius 2 is 2.09 bits per heavy atom. The fraction of sp³-hybridized carbons (Fsp3) is 0.500. The number of ether oxygens (including phenoxy) is 2. The molecule has 0 spiro atoms. The highest BCUT2D eigenvalue weighted by molar-refractivity contribution is 7.91. The summed E-state index contributed by atoms with van der Waals surface area (Å²) >= 11 is 5.67. The standard InChI is InChI=1S/C14H16ClNO5S/c15-6-14(17)16(11-3-4-22(18,19)8-11)7-10-1-2-12-13(5-10)21-9-20-12/h1-2,5,11H,3-4,6-9H2/t11-/m0/s1. The average molecular weight is 346 g/mol. The molecule has 120 valence electrons. The van der Waals surface area contributed by atoms with E-state index in [-0.39, 0.29) is 36.1 Å². The molecule has 0 bridgehead atoms. The Hall–Kier alpha value is -1.47. The lowest BCUT2D eigenvalue weighted by atomic mass is 10.1. The van der Waals surface area contributed by atoms with E-state index in [0.717, 1.165) is 5.56 Å². The summed E-state index contributed by atoms with van der Waals surface area (Å²) in [4.78, 5) is 13.6. The van der Waals surface area contributed by atoms with Crippen molar-refractivity contribution in [3.05, 3.63) is 23.8 Å². The number of sulfone groups is 1. The van der Waals surface area contributed by atoms with Gasteiger partial charge in [-0.15, -0.1) is 11.6 Å². The van der Waals surface area contributed by atoms with Crippen LogP contribution in [-0.4, -0.2) is 49.4 Å². The molecule has 2 heterocycles. The fourth-order valence-electron chi connectivity index (χ4n) is 2.75. The maximum absolute atomic E-state index is 12.1. The van der Waals surface area contributed by atoms with Crippen molar-refractivity contribution in [1.82, 2.24) is 4.90 Å². The summed E-state index contributed by atoms with van der Waals surface area (Å²) in [5.74, 6) is 0.991. The van der Waals surface area contributed by atoms with E-state index in [1.165, 1.54) is 0 Å². The van der Waals surface area contributed by atoms with Crippen molar-refractivity contribution in [1.29, 1.82) is 0 Å². The highest BCUT2D eigenvalue weighted by Crippen LogP contribution is 2.33. The number of hydrogen-bond acceptors (Lipinski definition) is 5. The van der Waals surface area contributed by atoms with E-state index in [2.05, 4.69) is 0 Å². The predicted molar refractivity (Wildman–Crippen MR) is 80.9 cm³/mol. The van der Waals surface area contributed by atoms with Crippen LogP contribution in [0.5, 0.6) is 11.5 Å². The molecule has 1 amide bonds. The normalized spacial score (nSPS) is 21.8. The summed E-state index contributed by atoms with van der Waals surface area (Å²) in [7, 11) is -3.07. The molecule has 1 atom stereocenters. The summed E-state index contributed by atoms with van der Waals surface area (Å²) in [6.07, 6.45) is 0.454. The van der Waals surface area contributed by atoms with E-state index >= 15 is 0 Å². The Balaban J connectivity index is 1.80. The SMILES string of the molecule is O=C(CCl)N(Cc1ccc2c(c1)OCO2)[C@H]1CCS(=O)(=O)C1. The van der Waals surface area contributed by atoms with Gasteiger partial charge in [0.25, 0.3) is 0 Å². The number of halogens is 1. The first-order chi connectivity index (χ1) is 10.5. The molecule has 1 aromatic carbocycles. The summed E-state index contributed by atoms with van der Waals surface area (Å²) < 4.78 is 33.9. The van der Waals surface area contributed by atoms with Gasteiger partial charge in [-0.2, -0.15) is 0 Å². The molecule has 1 aromatic rings. The van der Waals surface area contributed by atoms with Crippen molar-refractivity contribution in [3.8, 4) is 11.5 Å². The van der Waals surface area contributed by atoms with Gasteiger partial charge in [0.15, 0.2) is 21.3 Å². The van der Waals surface area contributed by atoms with Gasteiger partial charge < -0.3 is 14.4 Å². The first kappa shape index (κ1) is 15.4. The quantitative estimate of drug-likeness (QED) is 0.766. The second kappa shape index (κ2) is 5.96. The lowest BCUT2D eigenvalue weighted by Crippen LogP contribution is -2.41. The number of benzene rings is 1. The van der Waals surface area contributed by atoms with Crippen LogP contribution in [0.15, 0.2) is 18.2 Å². The molecule has 3 rings (SSSR count). The molecular formula is C14H16ClNO5S. The number of fused-ring (bicyclic) bond motifs is 1. The Kier molecular flexibility index (Phi) is 4.18. The van der Waals surface area contributed by atoms with Gasteiger partial charge in [0, 0.05) is 12.6 Å². The van der Waals surface area contributed by atoms with Crippen molar-refractivity contribution in [3.63, 3.8) is 0 Å². The van der Waals surface area contributed by atoms with Gasteiger partial charge in [-0.3, -0.25) is 4.79 Å². The molecule has 2 aliphatic rings. The van der Waals surface area contributed by atoms with Crippen LogP contribution in [0, 0.1) is 0 Å². The summed E-state index contributed by atoms with van der Waals surface area (Å²) in [5, 5.41) is 0. The van der Waals surface area contributed by atoms with Gasteiger partial charge in [-0.05, 0) is 24.1 Å². The lowest BCUT2D eigenvalue weighted by Gasteiger charge is -2.27. The van der Waals surface area contributed by atoms with Gasteiger partial charge in [-0.25, -0.2) is 8.42 Å². The lowest BCUT2D eigenvalue weighted by molar-refractivity contribution is -0.131. The Morgan fingerprint density at radius 3 is 2.77 bits per heavy atom. The number of hydrogen-bond donors (Lipinski definition) is 0. The van der Waals surface area contributed by atoms with Crippen LogP contribution in [0.25, 0.3) is 0 Å². The Labute approximate surface area is 133 Å².